The lowest BCUT2D eigenvalue weighted by molar-refractivity contribution is -0.137. The number of aryl methyl sites for hydroxylation is 1. The number of hydrogen-bond acceptors (Lipinski definition) is 2. The van der Waals surface area contributed by atoms with Crippen LogP contribution in [0, 0.1) is 6.92 Å². The van der Waals surface area contributed by atoms with E-state index in [9.17, 15) is 23.1 Å². The molecule has 0 heterocycles. The molecule has 0 fully saturated rings. The minimum Gasteiger partial charge on any atom is -0.507 e. The van der Waals surface area contributed by atoms with Gasteiger partial charge in [0.05, 0.1) is 11.1 Å². The molecule has 15 heavy (non-hydrogen) atoms. The van der Waals surface area contributed by atoms with Crippen molar-refractivity contribution in [1.29, 1.82) is 0 Å². The minimum atomic E-state index is -4.52. The SMILES string of the molecule is CC(=O)c1c(C)cc(C(F)(F)F)cc1O. The highest BCUT2D eigenvalue weighted by Gasteiger charge is 2.32. The van der Waals surface area contributed by atoms with E-state index in [0.29, 0.717) is 6.07 Å². The standard InChI is InChI=1S/C10H9F3O2/c1-5-3-7(10(11,12)13)4-8(15)9(5)6(2)14/h3-4,15H,1-2H3. The van der Waals surface area contributed by atoms with Crippen LogP contribution in [0.4, 0.5) is 13.2 Å². The number of Topliss-reactive ketones (excluding diaryl/α,β-unsaturated/α-hetero) is 1. The summed E-state index contributed by atoms with van der Waals surface area (Å²) < 4.78 is 36.9. The van der Waals surface area contributed by atoms with Crippen molar-refractivity contribution in [1.82, 2.24) is 0 Å². The first-order chi connectivity index (χ1) is 6.73. The average molecular weight is 218 g/mol. The van der Waals surface area contributed by atoms with Gasteiger partial charge in [0.25, 0.3) is 0 Å². The van der Waals surface area contributed by atoms with Gasteiger partial charge in [0.2, 0.25) is 0 Å². The van der Waals surface area contributed by atoms with E-state index in [4.69, 9.17) is 0 Å². The lowest BCUT2D eigenvalue weighted by Crippen LogP contribution is -2.07. The van der Waals surface area contributed by atoms with Gasteiger partial charge in [0, 0.05) is 0 Å². The topological polar surface area (TPSA) is 37.3 Å². The Kier molecular flexibility index (Phi) is 2.75. The number of aromatic hydroxyl groups is 1. The summed E-state index contributed by atoms with van der Waals surface area (Å²) in [7, 11) is 0. The molecule has 82 valence electrons. The van der Waals surface area contributed by atoms with E-state index in [0.717, 1.165) is 6.07 Å². The zero-order chi connectivity index (χ0) is 11.8. The zero-order valence-corrected chi connectivity index (χ0v) is 8.14. The molecule has 0 aromatic heterocycles. The maximum atomic E-state index is 12.3. The molecule has 1 aromatic rings. The van der Waals surface area contributed by atoms with Gasteiger partial charge in [0.15, 0.2) is 5.78 Å². The fourth-order valence-corrected chi connectivity index (χ4v) is 1.39. The Bertz CT molecular complexity index is 385. The van der Waals surface area contributed by atoms with Crippen LogP contribution in [0.15, 0.2) is 12.1 Å². The molecule has 0 bridgehead atoms. The van der Waals surface area contributed by atoms with Gasteiger partial charge in [-0.1, -0.05) is 0 Å². The van der Waals surface area contributed by atoms with Gasteiger partial charge in [-0.2, -0.15) is 13.2 Å². The molecule has 2 nitrogen and oxygen atoms in total. The molecule has 0 aliphatic heterocycles. The number of halogens is 3. The van der Waals surface area contributed by atoms with E-state index < -0.39 is 23.3 Å². The first-order valence-electron chi connectivity index (χ1n) is 4.15. The van der Waals surface area contributed by atoms with Crippen molar-refractivity contribution < 1.29 is 23.1 Å². The Hall–Kier alpha value is -1.52. The van der Waals surface area contributed by atoms with Crippen molar-refractivity contribution in [3.63, 3.8) is 0 Å². The summed E-state index contributed by atoms with van der Waals surface area (Å²) in [5.74, 6) is -1.09. The Morgan fingerprint density at radius 3 is 2.20 bits per heavy atom. The third-order valence-electron chi connectivity index (χ3n) is 1.99. The highest BCUT2D eigenvalue weighted by atomic mass is 19.4. The van der Waals surface area contributed by atoms with Gasteiger partial charge < -0.3 is 5.11 Å². The predicted octanol–water partition coefficient (Wildman–Crippen LogP) is 2.92. The van der Waals surface area contributed by atoms with Crippen molar-refractivity contribution in [2.45, 2.75) is 20.0 Å². The van der Waals surface area contributed by atoms with E-state index in [1.807, 2.05) is 0 Å². The number of benzene rings is 1. The van der Waals surface area contributed by atoms with Crippen LogP contribution in [0.3, 0.4) is 0 Å². The molecule has 0 aliphatic rings. The molecule has 1 aromatic carbocycles. The van der Waals surface area contributed by atoms with Gasteiger partial charge in [-0.05, 0) is 31.5 Å². The van der Waals surface area contributed by atoms with Crippen molar-refractivity contribution in [2.75, 3.05) is 0 Å². The summed E-state index contributed by atoms with van der Waals surface area (Å²) in [4.78, 5) is 11.0. The van der Waals surface area contributed by atoms with E-state index >= 15 is 0 Å². The molecule has 0 amide bonds. The summed E-state index contributed by atoms with van der Waals surface area (Å²) in [6, 6.07) is 1.40. The van der Waals surface area contributed by atoms with Crippen LogP contribution in [0.2, 0.25) is 0 Å². The lowest BCUT2D eigenvalue weighted by atomic mass is 10.0. The molecule has 0 spiro atoms. The highest BCUT2D eigenvalue weighted by molar-refractivity contribution is 5.98. The Balaban J connectivity index is 3.39. The largest absolute Gasteiger partial charge is 0.507 e. The van der Waals surface area contributed by atoms with Crippen LogP contribution < -0.4 is 0 Å². The lowest BCUT2D eigenvalue weighted by Gasteiger charge is -2.11. The van der Waals surface area contributed by atoms with Gasteiger partial charge in [-0.15, -0.1) is 0 Å². The quantitative estimate of drug-likeness (QED) is 0.736. The summed E-state index contributed by atoms with van der Waals surface area (Å²) >= 11 is 0. The number of hydrogen-bond donors (Lipinski definition) is 1. The maximum absolute atomic E-state index is 12.3. The molecule has 0 atom stereocenters. The van der Waals surface area contributed by atoms with Gasteiger partial charge in [-0.25, -0.2) is 0 Å². The average Bonchev–Trinajstić information content (AvgIpc) is 1.99. The van der Waals surface area contributed by atoms with E-state index in [2.05, 4.69) is 0 Å². The Morgan fingerprint density at radius 1 is 1.33 bits per heavy atom. The van der Waals surface area contributed by atoms with Crippen LogP contribution in [-0.2, 0) is 6.18 Å². The maximum Gasteiger partial charge on any atom is 0.416 e. The summed E-state index contributed by atoms with van der Waals surface area (Å²) in [5, 5.41) is 9.29. The van der Waals surface area contributed by atoms with Gasteiger partial charge in [0.1, 0.15) is 5.75 Å². The molecule has 1 N–H and O–H groups in total. The second-order valence-electron chi connectivity index (χ2n) is 3.24. The molecule has 5 heteroatoms. The van der Waals surface area contributed by atoms with Crippen molar-refractivity contribution >= 4 is 5.78 Å². The van der Waals surface area contributed by atoms with Crippen LogP contribution >= 0.6 is 0 Å². The third-order valence-corrected chi connectivity index (χ3v) is 1.99. The fraction of sp³-hybridized carbons (Fsp3) is 0.300. The van der Waals surface area contributed by atoms with Gasteiger partial charge in [-0.3, -0.25) is 4.79 Å². The predicted molar refractivity (Wildman–Crippen MR) is 47.9 cm³/mol. The van der Waals surface area contributed by atoms with Crippen LogP contribution in [0.1, 0.15) is 28.4 Å². The zero-order valence-electron chi connectivity index (χ0n) is 8.14. The van der Waals surface area contributed by atoms with Crippen molar-refractivity contribution in [3.8, 4) is 5.75 Å². The third kappa shape index (κ3) is 2.29. The van der Waals surface area contributed by atoms with E-state index in [1.54, 1.807) is 0 Å². The molecular weight excluding hydrogens is 209 g/mol. The first kappa shape index (κ1) is 11.6. The van der Waals surface area contributed by atoms with Crippen LogP contribution in [-0.4, -0.2) is 10.9 Å². The van der Waals surface area contributed by atoms with Crippen molar-refractivity contribution in [3.05, 3.63) is 28.8 Å². The Morgan fingerprint density at radius 2 is 1.87 bits per heavy atom. The molecule has 1 rings (SSSR count). The van der Waals surface area contributed by atoms with Gasteiger partial charge >= 0.3 is 6.18 Å². The second kappa shape index (κ2) is 3.56. The first-order valence-corrected chi connectivity index (χ1v) is 4.15. The number of rotatable bonds is 1. The Labute approximate surface area is 84.3 Å². The van der Waals surface area contributed by atoms with E-state index in [-0.39, 0.29) is 11.1 Å². The minimum absolute atomic E-state index is 0.0667. The summed E-state index contributed by atoms with van der Waals surface area (Å²) in [6.07, 6.45) is -4.52. The van der Waals surface area contributed by atoms with Crippen LogP contribution in [0.5, 0.6) is 5.75 Å². The summed E-state index contributed by atoms with van der Waals surface area (Å²) in [5.41, 5.74) is -0.902. The molecule has 0 saturated heterocycles. The fourth-order valence-electron chi connectivity index (χ4n) is 1.39. The number of carbonyl (C=O) groups excluding carboxylic acids is 1. The van der Waals surface area contributed by atoms with Crippen LogP contribution in [0.25, 0.3) is 0 Å². The van der Waals surface area contributed by atoms with E-state index in [1.165, 1.54) is 13.8 Å². The second-order valence-corrected chi connectivity index (χ2v) is 3.24. The molecule has 0 aliphatic carbocycles. The normalized spacial score (nSPS) is 11.5. The number of phenolic OH excluding ortho intramolecular Hbond substituents is 1. The molecule has 0 saturated carbocycles. The monoisotopic (exact) mass is 218 g/mol. The number of alkyl halides is 3. The van der Waals surface area contributed by atoms with Crippen molar-refractivity contribution in [2.24, 2.45) is 0 Å². The number of carbonyl (C=O) groups is 1. The molecule has 0 unspecified atom stereocenters. The smallest absolute Gasteiger partial charge is 0.416 e. The number of phenols is 1. The molecule has 0 radical (unpaired) electrons. The summed E-state index contributed by atoms with van der Waals surface area (Å²) in [6.45, 7) is 2.54. The number of ketones is 1. The highest BCUT2D eigenvalue weighted by Crippen LogP contribution is 2.34. The molecular formula is C10H9F3O2.